The fraction of sp³-hybridized carbons (Fsp3) is 0.250. The zero-order chi connectivity index (χ0) is 14.8. The van der Waals surface area contributed by atoms with E-state index < -0.39 is 0 Å². The Hall–Kier alpha value is -1.91. The highest BCUT2D eigenvalue weighted by atomic mass is 35.5. The lowest BCUT2D eigenvalue weighted by Crippen LogP contribution is -2.03. The van der Waals surface area contributed by atoms with Gasteiger partial charge in [0.15, 0.2) is 5.65 Å². The number of pyridine rings is 1. The van der Waals surface area contributed by atoms with Crippen molar-refractivity contribution in [3.63, 3.8) is 0 Å². The number of benzene rings is 1. The van der Waals surface area contributed by atoms with Gasteiger partial charge < -0.3 is 5.73 Å². The highest BCUT2D eigenvalue weighted by Gasteiger charge is 2.12. The smallest absolute Gasteiger partial charge is 0.178 e. The quantitative estimate of drug-likeness (QED) is 0.805. The number of hydrogen-bond acceptors (Lipinski definition) is 3. The molecule has 0 saturated heterocycles. The number of fused-ring (bicyclic) bond motifs is 1. The van der Waals surface area contributed by atoms with E-state index >= 15 is 0 Å². The Kier molecular flexibility index (Phi) is 3.90. The standard InChI is InChI=1S/C16H17ClN4/c1-2-15-20-16-14(9-12(17)10-19-16)21(15)13-5-3-11(4-6-13)7-8-18/h3-6,9-10H,2,7-8,18H2,1H3. The Morgan fingerprint density at radius 1 is 1.24 bits per heavy atom. The van der Waals surface area contributed by atoms with Crippen molar-refractivity contribution in [2.75, 3.05) is 6.54 Å². The number of aromatic nitrogens is 3. The minimum Gasteiger partial charge on any atom is -0.330 e. The summed E-state index contributed by atoms with van der Waals surface area (Å²) in [5.41, 5.74) is 9.56. The van der Waals surface area contributed by atoms with Gasteiger partial charge in [-0.05, 0) is 36.7 Å². The molecule has 3 rings (SSSR count). The van der Waals surface area contributed by atoms with E-state index in [-0.39, 0.29) is 0 Å². The maximum Gasteiger partial charge on any atom is 0.178 e. The van der Waals surface area contributed by atoms with Crippen LogP contribution in [0.15, 0.2) is 36.5 Å². The molecule has 0 aliphatic heterocycles. The van der Waals surface area contributed by atoms with Gasteiger partial charge in [-0.1, -0.05) is 30.7 Å². The maximum atomic E-state index is 6.08. The van der Waals surface area contributed by atoms with Crippen molar-refractivity contribution >= 4 is 22.8 Å². The molecule has 3 aromatic rings. The Bertz CT molecular complexity index is 762. The molecule has 5 heteroatoms. The molecule has 4 nitrogen and oxygen atoms in total. The average Bonchev–Trinajstić information content (AvgIpc) is 2.86. The first-order valence-corrected chi connectivity index (χ1v) is 7.43. The summed E-state index contributed by atoms with van der Waals surface area (Å²) in [7, 11) is 0. The molecule has 0 aliphatic carbocycles. The second-order valence-electron chi connectivity index (χ2n) is 4.92. The third-order valence-electron chi connectivity index (χ3n) is 3.49. The fourth-order valence-electron chi connectivity index (χ4n) is 2.49. The molecule has 0 spiro atoms. The van der Waals surface area contributed by atoms with Gasteiger partial charge in [-0.2, -0.15) is 0 Å². The van der Waals surface area contributed by atoms with Crippen molar-refractivity contribution in [2.45, 2.75) is 19.8 Å². The number of aryl methyl sites for hydroxylation is 1. The molecule has 21 heavy (non-hydrogen) atoms. The van der Waals surface area contributed by atoms with Crippen LogP contribution in [-0.2, 0) is 12.8 Å². The van der Waals surface area contributed by atoms with Crippen molar-refractivity contribution in [3.05, 3.63) is 52.9 Å². The Morgan fingerprint density at radius 3 is 2.67 bits per heavy atom. The average molecular weight is 301 g/mol. The zero-order valence-corrected chi connectivity index (χ0v) is 12.6. The summed E-state index contributed by atoms with van der Waals surface area (Å²) in [5, 5.41) is 0.617. The molecule has 2 aromatic heterocycles. The number of imidazole rings is 1. The van der Waals surface area contributed by atoms with Gasteiger partial charge in [-0.15, -0.1) is 0 Å². The maximum absolute atomic E-state index is 6.08. The summed E-state index contributed by atoms with van der Waals surface area (Å²) < 4.78 is 2.11. The Labute approximate surface area is 128 Å². The van der Waals surface area contributed by atoms with E-state index in [0.717, 1.165) is 35.5 Å². The van der Waals surface area contributed by atoms with Gasteiger partial charge in [0.05, 0.1) is 10.5 Å². The third-order valence-corrected chi connectivity index (χ3v) is 3.70. The van der Waals surface area contributed by atoms with Crippen LogP contribution in [0, 0.1) is 0 Å². The van der Waals surface area contributed by atoms with Crippen LogP contribution < -0.4 is 5.73 Å². The van der Waals surface area contributed by atoms with Crippen LogP contribution in [0.1, 0.15) is 18.3 Å². The van der Waals surface area contributed by atoms with E-state index in [1.165, 1.54) is 5.56 Å². The zero-order valence-electron chi connectivity index (χ0n) is 11.9. The molecular weight excluding hydrogens is 284 g/mol. The fourth-order valence-corrected chi connectivity index (χ4v) is 2.64. The second-order valence-corrected chi connectivity index (χ2v) is 5.35. The number of hydrogen-bond donors (Lipinski definition) is 1. The van der Waals surface area contributed by atoms with Crippen LogP contribution in [0.3, 0.4) is 0 Å². The summed E-state index contributed by atoms with van der Waals surface area (Å²) in [6.07, 6.45) is 3.35. The van der Waals surface area contributed by atoms with Gasteiger partial charge in [0.2, 0.25) is 0 Å². The van der Waals surface area contributed by atoms with Gasteiger partial charge in [0.25, 0.3) is 0 Å². The van der Waals surface area contributed by atoms with Gasteiger partial charge in [-0.25, -0.2) is 9.97 Å². The number of nitrogens with zero attached hydrogens (tertiary/aromatic N) is 3. The van der Waals surface area contributed by atoms with Crippen molar-refractivity contribution in [3.8, 4) is 5.69 Å². The molecule has 0 bridgehead atoms. The van der Waals surface area contributed by atoms with Gasteiger partial charge in [-0.3, -0.25) is 4.57 Å². The van der Waals surface area contributed by atoms with Crippen LogP contribution in [0.2, 0.25) is 5.02 Å². The SMILES string of the molecule is CCc1nc2ncc(Cl)cc2n1-c1ccc(CCN)cc1. The van der Waals surface area contributed by atoms with Crippen LogP contribution in [0.25, 0.3) is 16.9 Å². The van der Waals surface area contributed by atoms with Crippen LogP contribution >= 0.6 is 11.6 Å². The molecular formula is C16H17ClN4. The molecule has 0 atom stereocenters. The molecule has 1 aromatic carbocycles. The first-order valence-electron chi connectivity index (χ1n) is 7.05. The molecule has 0 unspecified atom stereocenters. The molecule has 0 saturated carbocycles. The first kappa shape index (κ1) is 14.0. The van der Waals surface area contributed by atoms with Crippen molar-refractivity contribution < 1.29 is 0 Å². The van der Waals surface area contributed by atoms with E-state index in [1.807, 2.05) is 6.07 Å². The summed E-state index contributed by atoms with van der Waals surface area (Å²) in [6, 6.07) is 10.3. The molecule has 0 aliphatic rings. The highest BCUT2D eigenvalue weighted by molar-refractivity contribution is 6.31. The van der Waals surface area contributed by atoms with E-state index in [2.05, 4.69) is 45.7 Å². The lowest BCUT2D eigenvalue weighted by molar-refractivity contribution is 0.904. The minimum atomic E-state index is 0.617. The van der Waals surface area contributed by atoms with Crippen molar-refractivity contribution in [1.29, 1.82) is 0 Å². The summed E-state index contributed by atoms with van der Waals surface area (Å²) in [4.78, 5) is 8.88. The molecule has 0 radical (unpaired) electrons. The largest absolute Gasteiger partial charge is 0.330 e. The summed E-state index contributed by atoms with van der Waals surface area (Å²) in [5.74, 6) is 0.978. The Morgan fingerprint density at radius 2 is 2.00 bits per heavy atom. The predicted octanol–water partition coefficient (Wildman–Crippen LogP) is 3.14. The normalized spacial score (nSPS) is 11.2. The van der Waals surface area contributed by atoms with Crippen LogP contribution in [0.4, 0.5) is 0 Å². The molecule has 0 fully saturated rings. The third kappa shape index (κ3) is 2.64. The van der Waals surface area contributed by atoms with Gasteiger partial charge in [0, 0.05) is 18.3 Å². The lowest BCUT2D eigenvalue weighted by atomic mass is 10.1. The molecule has 2 heterocycles. The van der Waals surface area contributed by atoms with Crippen molar-refractivity contribution in [1.82, 2.24) is 14.5 Å². The lowest BCUT2D eigenvalue weighted by Gasteiger charge is -2.09. The van der Waals surface area contributed by atoms with E-state index in [9.17, 15) is 0 Å². The van der Waals surface area contributed by atoms with E-state index in [4.69, 9.17) is 17.3 Å². The summed E-state index contributed by atoms with van der Waals surface area (Å²) in [6.45, 7) is 2.75. The molecule has 0 amide bonds. The number of rotatable bonds is 4. The monoisotopic (exact) mass is 300 g/mol. The molecule has 108 valence electrons. The Balaban J connectivity index is 2.15. The van der Waals surface area contributed by atoms with Crippen molar-refractivity contribution in [2.24, 2.45) is 5.73 Å². The van der Waals surface area contributed by atoms with E-state index in [1.54, 1.807) is 6.20 Å². The number of halogens is 1. The topological polar surface area (TPSA) is 56.7 Å². The predicted molar refractivity (Wildman–Crippen MR) is 86.0 cm³/mol. The first-order chi connectivity index (χ1) is 10.2. The highest BCUT2D eigenvalue weighted by Crippen LogP contribution is 2.23. The number of nitrogens with two attached hydrogens (primary N) is 1. The minimum absolute atomic E-state index is 0.617. The van der Waals surface area contributed by atoms with E-state index in [0.29, 0.717) is 11.6 Å². The second kappa shape index (κ2) is 5.84. The molecule has 2 N–H and O–H groups in total. The van der Waals surface area contributed by atoms with Gasteiger partial charge >= 0.3 is 0 Å². The van der Waals surface area contributed by atoms with Gasteiger partial charge in [0.1, 0.15) is 5.82 Å². The van der Waals surface area contributed by atoms with Crippen LogP contribution in [-0.4, -0.2) is 21.1 Å². The van der Waals surface area contributed by atoms with Crippen LogP contribution in [0.5, 0.6) is 0 Å². The summed E-state index contributed by atoms with van der Waals surface area (Å²) >= 11 is 6.08.